The summed E-state index contributed by atoms with van der Waals surface area (Å²) in [5.74, 6) is 2.49. The van der Waals surface area contributed by atoms with E-state index in [2.05, 4.69) is 84.4 Å². The summed E-state index contributed by atoms with van der Waals surface area (Å²) in [5, 5.41) is 0.445. The Labute approximate surface area is 306 Å². The molecule has 1 aliphatic rings. The second kappa shape index (κ2) is 17.2. The summed E-state index contributed by atoms with van der Waals surface area (Å²) in [4.78, 5) is 21.7. The number of carbonyl (C=O) groups is 1. The molecule has 0 saturated carbocycles. The average Bonchev–Trinajstić information content (AvgIpc) is 3.14. The maximum Gasteiger partial charge on any atom is 0.246 e. The van der Waals surface area contributed by atoms with Crippen LogP contribution >= 0.6 is 11.6 Å². The first kappa shape index (κ1) is 35.7. The lowest BCUT2D eigenvalue weighted by Crippen LogP contribution is -2.47. The monoisotopic (exact) mass is 701 g/mol. The zero-order valence-electron chi connectivity index (χ0n) is 29.5. The largest absolute Gasteiger partial charge is 0.493 e. The Morgan fingerprint density at radius 2 is 1.41 bits per heavy atom. The molecule has 0 aliphatic carbocycles. The topological polar surface area (TPSA) is 64.1 Å². The van der Waals surface area contributed by atoms with Gasteiger partial charge in [0.1, 0.15) is 18.1 Å². The second-order valence-corrected chi connectivity index (χ2v) is 13.4. The Morgan fingerprint density at radius 1 is 0.765 bits per heavy atom. The van der Waals surface area contributed by atoms with Crippen LogP contribution in [0.1, 0.15) is 38.9 Å². The first-order valence-electron chi connectivity index (χ1n) is 17.4. The van der Waals surface area contributed by atoms with Gasteiger partial charge >= 0.3 is 0 Å². The Balaban J connectivity index is 0.931. The minimum Gasteiger partial charge on any atom is -0.493 e. The molecule has 0 bridgehead atoms. The molecule has 5 aromatic rings. The summed E-state index contributed by atoms with van der Waals surface area (Å²) in [6, 6.07) is 32.5. The van der Waals surface area contributed by atoms with Gasteiger partial charge in [-0.05, 0) is 85.0 Å². The maximum atomic E-state index is 13.0. The van der Waals surface area contributed by atoms with E-state index in [1.54, 1.807) is 24.4 Å². The van der Waals surface area contributed by atoms with Crippen LogP contribution in [-0.2, 0) is 24.4 Å². The average molecular weight is 702 g/mol. The lowest BCUT2D eigenvalue weighted by atomic mass is 10.1. The van der Waals surface area contributed by atoms with Crippen LogP contribution in [0.4, 0.5) is 0 Å². The van der Waals surface area contributed by atoms with Crippen LogP contribution in [0.2, 0.25) is 5.02 Å². The molecule has 0 radical (unpaired) electrons. The van der Waals surface area contributed by atoms with Crippen molar-refractivity contribution in [3.63, 3.8) is 0 Å². The molecule has 0 atom stereocenters. The number of rotatable bonds is 13. The van der Waals surface area contributed by atoms with Gasteiger partial charge in [-0.2, -0.15) is 0 Å². The fourth-order valence-electron chi connectivity index (χ4n) is 5.84. The molecule has 2 heterocycles. The molecule has 1 aliphatic heterocycles. The van der Waals surface area contributed by atoms with Crippen LogP contribution in [0.25, 0.3) is 6.08 Å². The van der Waals surface area contributed by atoms with Crippen molar-refractivity contribution >= 4 is 23.6 Å². The van der Waals surface area contributed by atoms with Gasteiger partial charge in [0.2, 0.25) is 11.8 Å². The summed E-state index contributed by atoms with van der Waals surface area (Å²) in [7, 11) is 0. The first-order valence-corrected chi connectivity index (χ1v) is 17.7. The van der Waals surface area contributed by atoms with Crippen molar-refractivity contribution in [3.05, 3.63) is 153 Å². The Kier molecular flexibility index (Phi) is 12.0. The van der Waals surface area contributed by atoms with Gasteiger partial charge in [0.25, 0.3) is 0 Å². The summed E-state index contributed by atoms with van der Waals surface area (Å²) in [6.45, 7) is 11.1. The number of nitrogens with zero attached hydrogens (tertiary/aromatic N) is 3. The molecule has 0 unspecified atom stereocenters. The predicted molar refractivity (Wildman–Crippen MR) is 204 cm³/mol. The fourth-order valence-corrected chi connectivity index (χ4v) is 6.15. The highest BCUT2D eigenvalue weighted by Gasteiger charge is 2.20. The molecule has 4 aromatic carbocycles. The number of pyridine rings is 1. The van der Waals surface area contributed by atoms with Crippen molar-refractivity contribution in [2.45, 2.75) is 40.3 Å². The number of hydrogen-bond donors (Lipinski definition) is 0. The minimum absolute atomic E-state index is 0.00477. The number of halogens is 1. The highest BCUT2D eigenvalue weighted by molar-refractivity contribution is 6.32. The summed E-state index contributed by atoms with van der Waals surface area (Å²) in [5.41, 5.74) is 7.73. The predicted octanol–water partition coefficient (Wildman–Crippen LogP) is 9.01. The quantitative estimate of drug-likeness (QED) is 0.114. The van der Waals surface area contributed by atoms with Gasteiger partial charge in [0.05, 0.1) is 17.8 Å². The van der Waals surface area contributed by atoms with Crippen LogP contribution in [0.5, 0.6) is 23.1 Å². The van der Waals surface area contributed by atoms with E-state index in [-0.39, 0.29) is 5.91 Å². The number of ether oxygens (including phenoxy) is 3. The number of benzene rings is 4. The molecule has 0 spiro atoms. The molecule has 1 fully saturated rings. The Morgan fingerprint density at radius 3 is 2.08 bits per heavy atom. The minimum atomic E-state index is -0.00477. The van der Waals surface area contributed by atoms with Crippen LogP contribution < -0.4 is 14.2 Å². The normalized spacial score (nSPS) is 13.4. The van der Waals surface area contributed by atoms with Crippen LogP contribution in [0.15, 0.2) is 109 Å². The van der Waals surface area contributed by atoms with Crippen molar-refractivity contribution < 1.29 is 19.0 Å². The van der Waals surface area contributed by atoms with Gasteiger partial charge in [-0.15, -0.1) is 0 Å². The van der Waals surface area contributed by atoms with E-state index in [0.717, 1.165) is 48.5 Å². The zero-order chi connectivity index (χ0) is 35.6. The molecule has 6 rings (SSSR count). The van der Waals surface area contributed by atoms with Gasteiger partial charge < -0.3 is 19.1 Å². The van der Waals surface area contributed by atoms with Gasteiger partial charge in [-0.3, -0.25) is 9.69 Å². The number of carbonyl (C=O) groups excluding carboxylic acids is 1. The molecular weight excluding hydrogens is 658 g/mol. The molecule has 51 heavy (non-hydrogen) atoms. The van der Waals surface area contributed by atoms with Crippen LogP contribution in [0.3, 0.4) is 0 Å². The molecule has 8 heteroatoms. The van der Waals surface area contributed by atoms with Gasteiger partial charge in [0.15, 0.2) is 5.75 Å². The summed E-state index contributed by atoms with van der Waals surface area (Å²) >= 11 is 6.63. The van der Waals surface area contributed by atoms with Gasteiger partial charge in [-0.25, -0.2) is 4.98 Å². The van der Waals surface area contributed by atoms with Crippen molar-refractivity contribution in [1.82, 2.24) is 14.8 Å². The van der Waals surface area contributed by atoms with Crippen molar-refractivity contribution in [3.8, 4) is 23.1 Å². The number of piperazine rings is 1. The smallest absolute Gasteiger partial charge is 0.246 e. The lowest BCUT2D eigenvalue weighted by Gasteiger charge is -2.34. The van der Waals surface area contributed by atoms with E-state index in [9.17, 15) is 4.79 Å². The third kappa shape index (κ3) is 10.5. The van der Waals surface area contributed by atoms with Crippen LogP contribution in [-0.4, -0.2) is 53.5 Å². The van der Waals surface area contributed by atoms with Crippen molar-refractivity contribution in [2.75, 3.05) is 32.8 Å². The van der Waals surface area contributed by atoms with E-state index in [1.807, 2.05) is 42.2 Å². The Bertz CT molecular complexity index is 1890. The van der Waals surface area contributed by atoms with E-state index >= 15 is 0 Å². The lowest BCUT2D eigenvalue weighted by molar-refractivity contribution is -0.127. The third-order valence-corrected chi connectivity index (χ3v) is 9.19. The number of aromatic nitrogens is 1. The van der Waals surface area contributed by atoms with Crippen molar-refractivity contribution in [1.29, 1.82) is 0 Å². The molecule has 7 nitrogen and oxygen atoms in total. The number of hydrogen-bond acceptors (Lipinski definition) is 6. The molecule has 1 aromatic heterocycles. The van der Waals surface area contributed by atoms with E-state index < -0.39 is 0 Å². The van der Waals surface area contributed by atoms with Crippen LogP contribution in [0, 0.1) is 20.8 Å². The second-order valence-electron chi connectivity index (χ2n) is 13.0. The molecule has 262 valence electrons. The number of amides is 1. The fraction of sp³-hybridized carbons (Fsp3) is 0.256. The van der Waals surface area contributed by atoms with Gasteiger partial charge in [-0.1, -0.05) is 83.4 Å². The summed E-state index contributed by atoms with van der Waals surface area (Å²) in [6.07, 6.45) is 5.94. The summed E-state index contributed by atoms with van der Waals surface area (Å²) < 4.78 is 17.8. The molecule has 0 N–H and O–H groups in total. The van der Waals surface area contributed by atoms with E-state index in [4.69, 9.17) is 25.8 Å². The van der Waals surface area contributed by atoms with E-state index in [1.165, 1.54) is 22.3 Å². The third-order valence-electron chi connectivity index (χ3n) is 8.91. The van der Waals surface area contributed by atoms with E-state index in [0.29, 0.717) is 48.7 Å². The first-order chi connectivity index (χ1) is 24.8. The Hall–Kier alpha value is -5.11. The molecule has 1 saturated heterocycles. The SMILES string of the molecule is Cc1ccc(COc2ccc(Oc3c(C)cc(C=CC(=O)N4CCN(Cc5ccc(CCOc6ccc(C)cc6)cc5)CC4)cc3Cl)nc2)cc1. The highest BCUT2D eigenvalue weighted by atomic mass is 35.5. The molecular formula is C43H44ClN3O4. The maximum absolute atomic E-state index is 13.0. The standard InChI is InChI=1S/C43H44ClN3O4/c1-31-4-8-36(9-5-31)30-50-39-17-18-41(45-28-39)51-43-33(3)26-37(27-40(43)44)14-19-42(48)47-23-21-46(22-24-47)29-35-12-10-34(11-13-35)20-25-49-38-15-6-32(2)7-16-38/h4-19,26-28H,20-25,29-30H2,1-3H3. The number of aryl methyl sites for hydroxylation is 3. The highest BCUT2D eigenvalue weighted by Crippen LogP contribution is 2.34. The van der Waals surface area contributed by atoms with Crippen molar-refractivity contribution in [2.24, 2.45) is 0 Å². The van der Waals surface area contributed by atoms with Gasteiger partial charge in [0, 0.05) is 51.3 Å². The molecule has 1 amide bonds. The zero-order valence-corrected chi connectivity index (χ0v) is 30.2.